The van der Waals surface area contributed by atoms with Gasteiger partial charge in [-0.25, -0.2) is 4.79 Å². The lowest BCUT2D eigenvalue weighted by molar-refractivity contribution is 0.393. The summed E-state index contributed by atoms with van der Waals surface area (Å²) < 4.78 is 17.4. The third-order valence-corrected chi connectivity index (χ3v) is 7.41. The first-order valence-corrected chi connectivity index (χ1v) is 13.4. The van der Waals surface area contributed by atoms with E-state index in [1.54, 1.807) is 25.7 Å². The molecule has 0 amide bonds. The van der Waals surface area contributed by atoms with Gasteiger partial charge in [0, 0.05) is 31.9 Å². The molecule has 0 bridgehead atoms. The highest BCUT2D eigenvalue weighted by molar-refractivity contribution is 5.80. The first-order chi connectivity index (χ1) is 18.9. The molecule has 0 fully saturated rings. The second kappa shape index (κ2) is 10.8. The van der Waals surface area contributed by atoms with Crippen molar-refractivity contribution in [1.82, 2.24) is 23.1 Å². The molecule has 0 aliphatic rings. The summed E-state index contributed by atoms with van der Waals surface area (Å²) in [6.45, 7) is 2.23. The van der Waals surface area contributed by atoms with Crippen molar-refractivity contribution >= 4 is 16.9 Å². The fourth-order valence-electron chi connectivity index (χ4n) is 5.16. The molecule has 0 atom stereocenters. The normalized spacial score (nSPS) is 11.5. The summed E-state index contributed by atoms with van der Waals surface area (Å²) >= 11 is 0. The molecule has 2 aromatic carbocycles. The highest BCUT2D eigenvalue weighted by Gasteiger charge is 2.23. The predicted molar refractivity (Wildman–Crippen MR) is 154 cm³/mol. The zero-order valence-electron chi connectivity index (χ0n) is 23.2. The lowest BCUT2D eigenvalue weighted by Gasteiger charge is -2.14. The maximum atomic E-state index is 13.2. The van der Waals surface area contributed by atoms with E-state index >= 15 is 0 Å². The predicted octanol–water partition coefficient (Wildman–Crippen LogP) is 4.87. The van der Waals surface area contributed by atoms with Crippen LogP contribution in [0.25, 0.3) is 33.9 Å². The van der Waals surface area contributed by atoms with E-state index in [0.29, 0.717) is 28.4 Å². The molecule has 39 heavy (non-hydrogen) atoms. The smallest absolute Gasteiger partial charge is 0.332 e. The number of fused-ring (bicyclic) bond motifs is 3. The quantitative estimate of drug-likeness (QED) is 0.241. The molecule has 3 heterocycles. The Kier molecular flexibility index (Phi) is 7.32. The molecular weight excluding hydrogens is 494 g/mol. The van der Waals surface area contributed by atoms with Crippen LogP contribution in [0.4, 0.5) is 0 Å². The van der Waals surface area contributed by atoms with Gasteiger partial charge in [-0.1, -0.05) is 56.9 Å². The first kappa shape index (κ1) is 26.3. The van der Waals surface area contributed by atoms with Gasteiger partial charge in [-0.05, 0) is 30.5 Å². The fraction of sp³-hybridized carbons (Fsp3) is 0.367. The van der Waals surface area contributed by atoms with Gasteiger partial charge in [0.05, 0.1) is 25.6 Å². The number of hydrogen-bond acceptors (Lipinski definition) is 5. The molecule has 0 unspecified atom stereocenters. The number of nitrogens with zero attached hydrogens (tertiary/aromatic N) is 5. The van der Waals surface area contributed by atoms with E-state index in [1.807, 2.05) is 29.0 Å². The number of methoxy groups -OCH3 is 2. The standard InChI is InChI=1S/C30H35N5O4/c1-6-7-8-9-10-11-20-12-14-21(15-13-20)24-19-34-26-27(32(2)30(37)33(3)28(26)36)31-29(34)35(24)23-17-16-22(38-4)18-25(23)39-5/h12-19H,6-11H2,1-5H3. The van der Waals surface area contributed by atoms with Gasteiger partial charge in [0.2, 0.25) is 5.78 Å². The van der Waals surface area contributed by atoms with Gasteiger partial charge in [-0.2, -0.15) is 4.98 Å². The summed E-state index contributed by atoms with van der Waals surface area (Å²) in [5.74, 6) is 1.75. The Bertz CT molecular complexity index is 1760. The summed E-state index contributed by atoms with van der Waals surface area (Å²) in [6.07, 6.45) is 9.20. The maximum absolute atomic E-state index is 13.2. The summed E-state index contributed by atoms with van der Waals surface area (Å²) in [5.41, 5.74) is 3.69. The van der Waals surface area contributed by atoms with Crippen molar-refractivity contribution in [1.29, 1.82) is 0 Å². The topological polar surface area (TPSA) is 84.7 Å². The second-order valence-electron chi connectivity index (χ2n) is 9.91. The van der Waals surface area contributed by atoms with Crippen molar-refractivity contribution in [2.75, 3.05) is 14.2 Å². The highest BCUT2D eigenvalue weighted by Crippen LogP contribution is 2.35. The Morgan fingerprint density at radius 3 is 2.31 bits per heavy atom. The van der Waals surface area contributed by atoms with Gasteiger partial charge in [-0.15, -0.1) is 0 Å². The Morgan fingerprint density at radius 2 is 1.62 bits per heavy atom. The molecule has 0 N–H and O–H groups in total. The minimum Gasteiger partial charge on any atom is -0.497 e. The van der Waals surface area contributed by atoms with Crippen LogP contribution in [-0.2, 0) is 20.5 Å². The lowest BCUT2D eigenvalue weighted by atomic mass is 10.0. The van der Waals surface area contributed by atoms with Gasteiger partial charge in [-0.3, -0.25) is 22.9 Å². The van der Waals surface area contributed by atoms with Crippen LogP contribution in [0.15, 0.2) is 58.3 Å². The third kappa shape index (κ3) is 4.62. The number of ether oxygens (including phenoxy) is 2. The molecule has 5 rings (SSSR count). The second-order valence-corrected chi connectivity index (χ2v) is 9.91. The van der Waals surface area contributed by atoms with Crippen LogP contribution < -0.4 is 20.7 Å². The number of benzene rings is 2. The van der Waals surface area contributed by atoms with Crippen LogP contribution in [0, 0.1) is 0 Å². The SMILES string of the molecule is CCCCCCCc1ccc(-c2cn3c4c(=O)n(C)c(=O)n(C)c4nc3n2-c2ccc(OC)cc2OC)cc1. The number of aromatic nitrogens is 5. The minimum atomic E-state index is -0.424. The third-order valence-electron chi connectivity index (χ3n) is 7.41. The summed E-state index contributed by atoms with van der Waals surface area (Å²) in [4.78, 5) is 30.6. The molecule has 0 spiro atoms. The van der Waals surface area contributed by atoms with Crippen molar-refractivity contribution in [3.63, 3.8) is 0 Å². The lowest BCUT2D eigenvalue weighted by Crippen LogP contribution is -2.37. The monoisotopic (exact) mass is 529 g/mol. The van der Waals surface area contributed by atoms with Crippen molar-refractivity contribution in [3.05, 3.63) is 75.1 Å². The van der Waals surface area contributed by atoms with Gasteiger partial charge < -0.3 is 9.47 Å². The largest absolute Gasteiger partial charge is 0.497 e. The highest BCUT2D eigenvalue weighted by atomic mass is 16.5. The van der Waals surface area contributed by atoms with Crippen LogP contribution in [0.3, 0.4) is 0 Å². The van der Waals surface area contributed by atoms with E-state index in [1.165, 1.54) is 49.3 Å². The Morgan fingerprint density at radius 1 is 0.872 bits per heavy atom. The average Bonchev–Trinajstić information content (AvgIpc) is 3.51. The van der Waals surface area contributed by atoms with E-state index in [0.717, 1.165) is 27.9 Å². The van der Waals surface area contributed by atoms with E-state index in [2.05, 4.69) is 31.2 Å². The molecule has 204 valence electrons. The van der Waals surface area contributed by atoms with E-state index < -0.39 is 11.2 Å². The average molecular weight is 530 g/mol. The van der Waals surface area contributed by atoms with Crippen molar-refractivity contribution in [2.24, 2.45) is 14.1 Å². The molecule has 0 aliphatic carbocycles. The van der Waals surface area contributed by atoms with Crippen molar-refractivity contribution in [3.8, 4) is 28.4 Å². The molecule has 5 aromatic rings. The molecule has 9 heteroatoms. The zero-order valence-corrected chi connectivity index (χ0v) is 23.2. The molecule has 0 saturated heterocycles. The molecule has 0 saturated carbocycles. The van der Waals surface area contributed by atoms with Crippen LogP contribution in [0.5, 0.6) is 11.5 Å². The van der Waals surface area contributed by atoms with E-state index in [9.17, 15) is 9.59 Å². The minimum absolute atomic E-state index is 0.323. The molecule has 9 nitrogen and oxygen atoms in total. The van der Waals surface area contributed by atoms with Gasteiger partial charge in [0.25, 0.3) is 5.56 Å². The Hall–Kier alpha value is -4.27. The number of unbranched alkanes of at least 4 members (excludes halogenated alkanes) is 4. The summed E-state index contributed by atoms with van der Waals surface area (Å²) in [5, 5.41) is 0. The number of rotatable bonds is 10. The molecular formula is C30H35N5O4. The van der Waals surface area contributed by atoms with Gasteiger partial charge in [0.15, 0.2) is 11.2 Å². The molecule has 0 aliphatic heterocycles. The van der Waals surface area contributed by atoms with E-state index in [4.69, 9.17) is 14.5 Å². The fourth-order valence-corrected chi connectivity index (χ4v) is 5.16. The number of imidazole rings is 2. The molecule has 0 radical (unpaired) electrons. The van der Waals surface area contributed by atoms with Crippen LogP contribution in [-0.4, -0.2) is 37.3 Å². The van der Waals surface area contributed by atoms with Crippen LogP contribution in [0.1, 0.15) is 44.6 Å². The number of hydrogen-bond donors (Lipinski definition) is 0. The van der Waals surface area contributed by atoms with Crippen molar-refractivity contribution < 1.29 is 9.47 Å². The van der Waals surface area contributed by atoms with Crippen molar-refractivity contribution in [2.45, 2.75) is 45.4 Å². The van der Waals surface area contributed by atoms with E-state index in [-0.39, 0.29) is 0 Å². The zero-order chi connectivity index (χ0) is 27.7. The van der Waals surface area contributed by atoms with Gasteiger partial charge >= 0.3 is 5.69 Å². The summed E-state index contributed by atoms with van der Waals surface area (Å²) in [6, 6.07) is 14.1. The Balaban J connectivity index is 1.69. The Labute approximate surface area is 226 Å². The number of aryl methyl sites for hydroxylation is 2. The molecule has 3 aromatic heterocycles. The van der Waals surface area contributed by atoms with Crippen LogP contribution in [0.2, 0.25) is 0 Å². The van der Waals surface area contributed by atoms with Crippen LogP contribution >= 0.6 is 0 Å². The first-order valence-electron chi connectivity index (χ1n) is 13.4. The summed E-state index contributed by atoms with van der Waals surface area (Å²) in [7, 11) is 6.32. The van der Waals surface area contributed by atoms with Gasteiger partial charge in [0.1, 0.15) is 11.5 Å². The maximum Gasteiger partial charge on any atom is 0.332 e.